The van der Waals surface area contributed by atoms with Crippen LogP contribution in [0.15, 0.2) is 18.2 Å². The number of rotatable bonds is 3. The van der Waals surface area contributed by atoms with E-state index in [1.807, 2.05) is 13.8 Å². The summed E-state index contributed by atoms with van der Waals surface area (Å²) in [5.41, 5.74) is 8.35. The van der Waals surface area contributed by atoms with Crippen molar-refractivity contribution in [1.29, 1.82) is 0 Å². The number of methoxy groups -OCH3 is 1. The molecule has 4 nitrogen and oxygen atoms in total. The largest absolute Gasteiger partial charge is 0.466 e. The molecule has 90 valence electrons. The van der Waals surface area contributed by atoms with Gasteiger partial charge < -0.3 is 10.5 Å². The molecule has 0 radical (unpaired) electrons. The van der Waals surface area contributed by atoms with Crippen LogP contribution in [0.4, 0.5) is 0 Å². The maximum absolute atomic E-state index is 11.1. The van der Waals surface area contributed by atoms with Crippen molar-refractivity contribution >= 4 is 18.0 Å². The van der Waals surface area contributed by atoms with Crippen LogP contribution in [0.2, 0.25) is 0 Å². The summed E-state index contributed by atoms with van der Waals surface area (Å²) < 4.78 is 4.51. The average molecular weight is 233 g/mol. The summed E-state index contributed by atoms with van der Waals surface area (Å²) >= 11 is 0. The number of carbonyl (C=O) groups excluding carboxylic acids is 2. The van der Waals surface area contributed by atoms with Crippen LogP contribution < -0.4 is 5.73 Å². The van der Waals surface area contributed by atoms with Gasteiger partial charge in [-0.1, -0.05) is 0 Å². The van der Waals surface area contributed by atoms with E-state index in [4.69, 9.17) is 5.73 Å². The third kappa shape index (κ3) is 3.17. The van der Waals surface area contributed by atoms with Crippen LogP contribution in [0.5, 0.6) is 0 Å². The molecule has 0 bridgehead atoms. The zero-order valence-corrected chi connectivity index (χ0v) is 10.1. The molecule has 4 heteroatoms. The SMILES string of the molecule is COC(=O)/C=C/c1c(C)cc(C(N)=O)cc1C. The van der Waals surface area contributed by atoms with Gasteiger partial charge in [-0.2, -0.15) is 0 Å². The van der Waals surface area contributed by atoms with Crippen molar-refractivity contribution in [2.24, 2.45) is 5.73 Å². The van der Waals surface area contributed by atoms with Crippen molar-refractivity contribution in [3.63, 3.8) is 0 Å². The standard InChI is InChI=1S/C13H15NO3/c1-8-6-10(13(14)16)7-9(2)11(8)4-5-12(15)17-3/h4-7H,1-3H3,(H2,14,16)/b5-4+. The number of nitrogens with two attached hydrogens (primary N) is 1. The van der Waals surface area contributed by atoms with Gasteiger partial charge in [-0.05, 0) is 48.7 Å². The lowest BCUT2D eigenvalue weighted by atomic mass is 9.98. The molecule has 0 atom stereocenters. The van der Waals surface area contributed by atoms with Gasteiger partial charge in [0, 0.05) is 11.6 Å². The molecule has 0 aliphatic carbocycles. The fourth-order valence-electron chi connectivity index (χ4n) is 1.60. The molecule has 1 rings (SSSR count). The van der Waals surface area contributed by atoms with Gasteiger partial charge in [-0.3, -0.25) is 4.79 Å². The zero-order chi connectivity index (χ0) is 13.0. The molecule has 0 heterocycles. The highest BCUT2D eigenvalue weighted by Crippen LogP contribution is 2.18. The first kappa shape index (κ1) is 13.0. The van der Waals surface area contributed by atoms with Crippen LogP contribution in [0.1, 0.15) is 27.0 Å². The second-order valence-electron chi connectivity index (χ2n) is 3.74. The smallest absolute Gasteiger partial charge is 0.330 e. The number of ether oxygens (including phenoxy) is 1. The molecule has 0 aromatic heterocycles. The van der Waals surface area contributed by atoms with E-state index < -0.39 is 11.9 Å². The minimum absolute atomic E-state index is 0.414. The number of amides is 1. The minimum Gasteiger partial charge on any atom is -0.466 e. The summed E-state index contributed by atoms with van der Waals surface area (Å²) in [6, 6.07) is 3.40. The number of carbonyl (C=O) groups is 2. The predicted molar refractivity (Wildman–Crippen MR) is 65.5 cm³/mol. The van der Waals surface area contributed by atoms with Crippen LogP contribution in [0.25, 0.3) is 6.08 Å². The molecule has 0 unspecified atom stereocenters. The lowest BCUT2D eigenvalue weighted by molar-refractivity contribution is -0.134. The minimum atomic E-state index is -0.459. The van der Waals surface area contributed by atoms with Gasteiger partial charge in [0.05, 0.1) is 7.11 Å². The lowest BCUT2D eigenvalue weighted by Gasteiger charge is -2.07. The topological polar surface area (TPSA) is 69.4 Å². The first-order chi connectivity index (χ1) is 7.95. The fourth-order valence-corrected chi connectivity index (χ4v) is 1.60. The van der Waals surface area contributed by atoms with Crippen molar-refractivity contribution in [2.45, 2.75) is 13.8 Å². The highest BCUT2D eigenvalue weighted by atomic mass is 16.5. The molecule has 0 spiro atoms. The molecule has 0 saturated heterocycles. The Balaban J connectivity index is 3.14. The Morgan fingerprint density at radius 1 is 1.24 bits per heavy atom. The molecule has 17 heavy (non-hydrogen) atoms. The van der Waals surface area contributed by atoms with E-state index in [1.165, 1.54) is 13.2 Å². The Bertz CT molecular complexity index is 466. The summed E-state index contributed by atoms with van der Waals surface area (Å²) in [5.74, 6) is -0.873. The lowest BCUT2D eigenvalue weighted by Crippen LogP contribution is -2.11. The highest BCUT2D eigenvalue weighted by molar-refractivity contribution is 5.94. The molecule has 1 aromatic carbocycles. The first-order valence-electron chi connectivity index (χ1n) is 5.12. The predicted octanol–water partition coefficient (Wildman–Crippen LogP) is 1.59. The Hall–Kier alpha value is -2.10. The maximum atomic E-state index is 11.1. The zero-order valence-electron chi connectivity index (χ0n) is 10.1. The Kier molecular flexibility index (Phi) is 4.04. The van der Waals surface area contributed by atoms with E-state index in [-0.39, 0.29) is 0 Å². The number of primary amides is 1. The van der Waals surface area contributed by atoms with Gasteiger partial charge in [0.25, 0.3) is 0 Å². The molecule has 0 fully saturated rings. The molecular formula is C13H15NO3. The third-order valence-electron chi connectivity index (χ3n) is 2.47. The molecular weight excluding hydrogens is 218 g/mol. The van der Waals surface area contributed by atoms with Crippen molar-refractivity contribution in [3.05, 3.63) is 40.5 Å². The van der Waals surface area contributed by atoms with Crippen LogP contribution in [0.3, 0.4) is 0 Å². The summed E-state index contributed by atoms with van der Waals surface area (Å²) in [5, 5.41) is 0. The van der Waals surface area contributed by atoms with E-state index >= 15 is 0 Å². The summed E-state index contributed by atoms with van der Waals surface area (Å²) in [6.07, 6.45) is 3.01. The summed E-state index contributed by atoms with van der Waals surface area (Å²) in [6.45, 7) is 3.72. The summed E-state index contributed by atoms with van der Waals surface area (Å²) in [4.78, 5) is 22.1. The van der Waals surface area contributed by atoms with E-state index in [0.717, 1.165) is 16.7 Å². The van der Waals surface area contributed by atoms with Gasteiger partial charge in [0.15, 0.2) is 0 Å². The molecule has 1 aromatic rings. The van der Waals surface area contributed by atoms with Crippen molar-refractivity contribution in [2.75, 3.05) is 7.11 Å². The number of hydrogen-bond donors (Lipinski definition) is 1. The molecule has 1 amide bonds. The van der Waals surface area contributed by atoms with Crippen LogP contribution in [0, 0.1) is 13.8 Å². The van der Waals surface area contributed by atoms with E-state index in [0.29, 0.717) is 5.56 Å². The quantitative estimate of drug-likeness (QED) is 0.636. The first-order valence-corrected chi connectivity index (χ1v) is 5.12. The fraction of sp³-hybridized carbons (Fsp3) is 0.231. The number of aryl methyl sites for hydroxylation is 2. The van der Waals surface area contributed by atoms with Crippen LogP contribution in [-0.2, 0) is 9.53 Å². The number of esters is 1. The van der Waals surface area contributed by atoms with Crippen molar-refractivity contribution in [1.82, 2.24) is 0 Å². The molecule has 0 saturated carbocycles. The number of hydrogen-bond acceptors (Lipinski definition) is 3. The summed E-state index contributed by atoms with van der Waals surface area (Å²) in [7, 11) is 1.32. The molecule has 0 aliphatic heterocycles. The Morgan fingerprint density at radius 2 is 1.76 bits per heavy atom. The second-order valence-corrected chi connectivity index (χ2v) is 3.74. The number of benzene rings is 1. The van der Waals surface area contributed by atoms with Crippen molar-refractivity contribution < 1.29 is 14.3 Å². The Labute approximate surface area is 100 Å². The van der Waals surface area contributed by atoms with Gasteiger partial charge >= 0.3 is 5.97 Å². The maximum Gasteiger partial charge on any atom is 0.330 e. The second kappa shape index (κ2) is 5.30. The van der Waals surface area contributed by atoms with E-state index in [2.05, 4.69) is 4.74 Å². The van der Waals surface area contributed by atoms with Gasteiger partial charge in [-0.15, -0.1) is 0 Å². The van der Waals surface area contributed by atoms with Crippen LogP contribution >= 0.6 is 0 Å². The average Bonchev–Trinajstić information content (AvgIpc) is 2.27. The van der Waals surface area contributed by atoms with E-state index in [9.17, 15) is 9.59 Å². The molecule has 2 N–H and O–H groups in total. The highest BCUT2D eigenvalue weighted by Gasteiger charge is 2.06. The van der Waals surface area contributed by atoms with Gasteiger partial charge in [-0.25, -0.2) is 4.79 Å². The van der Waals surface area contributed by atoms with Gasteiger partial charge in [0.1, 0.15) is 0 Å². The third-order valence-corrected chi connectivity index (χ3v) is 2.47. The van der Waals surface area contributed by atoms with E-state index in [1.54, 1.807) is 18.2 Å². The molecule has 0 aliphatic rings. The van der Waals surface area contributed by atoms with Crippen molar-refractivity contribution in [3.8, 4) is 0 Å². The normalized spacial score (nSPS) is 10.5. The van der Waals surface area contributed by atoms with Crippen LogP contribution in [-0.4, -0.2) is 19.0 Å². The Morgan fingerprint density at radius 3 is 2.18 bits per heavy atom. The van der Waals surface area contributed by atoms with Gasteiger partial charge in [0.2, 0.25) is 5.91 Å². The monoisotopic (exact) mass is 233 g/mol.